The molecule has 4 N–H and O–H groups in total. The lowest BCUT2D eigenvalue weighted by atomic mass is 9.79. The van der Waals surface area contributed by atoms with Gasteiger partial charge in [0.2, 0.25) is 0 Å². The lowest BCUT2D eigenvalue weighted by Gasteiger charge is -2.41. The number of ether oxygens (including phenoxy) is 4. The molecule has 0 radical (unpaired) electrons. The molecule has 4 aromatic carbocycles. The zero-order valence-corrected chi connectivity index (χ0v) is 27.0. The van der Waals surface area contributed by atoms with Gasteiger partial charge in [-0.15, -0.1) is 0 Å². The van der Waals surface area contributed by atoms with E-state index in [9.17, 15) is 30.0 Å². The highest BCUT2D eigenvalue weighted by molar-refractivity contribution is 5.89. The number of rotatable bonds is 17. The highest BCUT2D eigenvalue weighted by Gasteiger charge is 2.46. The molecule has 0 aromatic heterocycles. The molecule has 10 heteroatoms. The van der Waals surface area contributed by atoms with E-state index in [4.69, 9.17) is 18.9 Å². The second-order valence-electron chi connectivity index (χ2n) is 11.6. The number of esters is 2. The van der Waals surface area contributed by atoms with Gasteiger partial charge in [0.25, 0.3) is 0 Å². The predicted octanol–water partition coefficient (Wildman–Crippen LogP) is 3.66. The van der Waals surface area contributed by atoms with E-state index in [1.807, 2.05) is 60.7 Å². The molecule has 10 nitrogen and oxygen atoms in total. The van der Waals surface area contributed by atoms with E-state index >= 15 is 0 Å². The van der Waals surface area contributed by atoms with E-state index in [-0.39, 0.29) is 26.1 Å². The summed E-state index contributed by atoms with van der Waals surface area (Å²) in [4.78, 5) is 23.7. The average molecular weight is 659 g/mol. The summed E-state index contributed by atoms with van der Waals surface area (Å²) in [6.07, 6.45) is -5.93. The van der Waals surface area contributed by atoms with Crippen molar-refractivity contribution < 1.29 is 49.0 Å². The SMILES string of the molecule is COC(=O)c1ccc(CO[C@H](CO)[C@@H](O)[C@H](O)[C@H](OCc2ccc(C(=O)OC)cc2)C(O)(Cc2ccccc2)Cc2ccccc2)cc1. The summed E-state index contributed by atoms with van der Waals surface area (Å²) in [5.74, 6) is -0.980. The van der Waals surface area contributed by atoms with Crippen molar-refractivity contribution in [2.24, 2.45) is 0 Å². The third-order valence-electron chi connectivity index (χ3n) is 8.10. The highest BCUT2D eigenvalue weighted by atomic mass is 16.5. The van der Waals surface area contributed by atoms with Crippen molar-refractivity contribution in [3.8, 4) is 0 Å². The number of aliphatic hydroxyl groups is 4. The van der Waals surface area contributed by atoms with Gasteiger partial charge in [-0.05, 0) is 46.5 Å². The summed E-state index contributed by atoms with van der Waals surface area (Å²) in [5.41, 5.74) is 1.79. The first-order valence-electron chi connectivity index (χ1n) is 15.5. The van der Waals surface area contributed by atoms with E-state index in [0.29, 0.717) is 22.3 Å². The average Bonchev–Trinajstić information content (AvgIpc) is 3.12. The molecule has 0 fully saturated rings. The maximum absolute atomic E-state index is 12.5. The first-order valence-corrected chi connectivity index (χ1v) is 15.5. The van der Waals surface area contributed by atoms with E-state index in [2.05, 4.69) is 0 Å². The third-order valence-corrected chi connectivity index (χ3v) is 8.10. The second kappa shape index (κ2) is 17.7. The molecule has 48 heavy (non-hydrogen) atoms. The number of hydrogen-bond acceptors (Lipinski definition) is 10. The van der Waals surface area contributed by atoms with Gasteiger partial charge in [-0.1, -0.05) is 84.9 Å². The van der Waals surface area contributed by atoms with Gasteiger partial charge in [-0.25, -0.2) is 9.59 Å². The summed E-state index contributed by atoms with van der Waals surface area (Å²) in [6, 6.07) is 31.4. The Morgan fingerprint density at radius 2 is 1.02 bits per heavy atom. The third kappa shape index (κ3) is 9.80. The van der Waals surface area contributed by atoms with Crippen LogP contribution in [-0.2, 0) is 45.0 Å². The van der Waals surface area contributed by atoms with Crippen molar-refractivity contribution in [2.45, 2.75) is 56.1 Å². The summed E-state index contributed by atoms with van der Waals surface area (Å²) < 4.78 is 21.6. The van der Waals surface area contributed by atoms with Crippen LogP contribution in [0.15, 0.2) is 109 Å². The molecule has 0 aliphatic rings. The van der Waals surface area contributed by atoms with Gasteiger partial charge in [-0.3, -0.25) is 0 Å². The number of methoxy groups -OCH3 is 2. The van der Waals surface area contributed by atoms with Crippen molar-refractivity contribution in [3.05, 3.63) is 143 Å². The number of carbonyl (C=O) groups excluding carboxylic acids is 2. The summed E-state index contributed by atoms with van der Waals surface area (Å²) in [6.45, 7) is -0.776. The van der Waals surface area contributed by atoms with Gasteiger partial charge in [0.1, 0.15) is 30.0 Å². The molecule has 254 valence electrons. The minimum Gasteiger partial charge on any atom is -0.465 e. The van der Waals surface area contributed by atoms with Crippen molar-refractivity contribution >= 4 is 11.9 Å². The van der Waals surface area contributed by atoms with Crippen LogP contribution < -0.4 is 0 Å². The zero-order chi connectivity index (χ0) is 34.5. The van der Waals surface area contributed by atoms with E-state index in [0.717, 1.165) is 11.1 Å². The van der Waals surface area contributed by atoms with Crippen LogP contribution in [-0.4, -0.2) is 83.2 Å². The molecule has 0 saturated carbocycles. The molecule has 0 unspecified atom stereocenters. The van der Waals surface area contributed by atoms with Gasteiger partial charge in [0, 0.05) is 12.8 Å². The van der Waals surface area contributed by atoms with Crippen LogP contribution in [0.5, 0.6) is 0 Å². The Morgan fingerprint density at radius 1 is 0.604 bits per heavy atom. The van der Waals surface area contributed by atoms with Crippen LogP contribution in [0.25, 0.3) is 0 Å². The Bertz CT molecular complexity index is 1520. The number of carbonyl (C=O) groups is 2. The Balaban J connectivity index is 1.62. The predicted molar refractivity (Wildman–Crippen MR) is 177 cm³/mol. The smallest absolute Gasteiger partial charge is 0.337 e. The molecular weight excluding hydrogens is 616 g/mol. The van der Waals surface area contributed by atoms with Crippen molar-refractivity contribution in [3.63, 3.8) is 0 Å². The first kappa shape index (κ1) is 36.4. The lowest BCUT2D eigenvalue weighted by molar-refractivity contribution is -0.203. The summed E-state index contributed by atoms with van der Waals surface area (Å²) >= 11 is 0. The summed E-state index contributed by atoms with van der Waals surface area (Å²) in [5, 5.41) is 45.9. The fourth-order valence-corrected chi connectivity index (χ4v) is 5.49. The van der Waals surface area contributed by atoms with Crippen LogP contribution in [0.2, 0.25) is 0 Å². The van der Waals surface area contributed by atoms with Gasteiger partial charge in [0.15, 0.2) is 0 Å². The van der Waals surface area contributed by atoms with Crippen LogP contribution >= 0.6 is 0 Å². The van der Waals surface area contributed by atoms with Gasteiger partial charge >= 0.3 is 11.9 Å². The molecule has 4 aromatic rings. The van der Waals surface area contributed by atoms with Gasteiger partial charge < -0.3 is 39.4 Å². The van der Waals surface area contributed by atoms with E-state index in [1.165, 1.54) is 14.2 Å². The van der Waals surface area contributed by atoms with Crippen LogP contribution in [0.3, 0.4) is 0 Å². The monoisotopic (exact) mass is 658 g/mol. The molecule has 4 atom stereocenters. The van der Waals surface area contributed by atoms with Crippen molar-refractivity contribution in [1.29, 1.82) is 0 Å². The van der Waals surface area contributed by atoms with Crippen molar-refractivity contribution in [1.82, 2.24) is 0 Å². The fraction of sp³-hybridized carbons (Fsp3) is 0.316. The molecular formula is C38H42O10. The largest absolute Gasteiger partial charge is 0.465 e. The Kier molecular flexibility index (Phi) is 13.4. The maximum atomic E-state index is 12.5. The molecule has 0 aliphatic carbocycles. The number of aliphatic hydroxyl groups excluding tert-OH is 3. The first-order chi connectivity index (χ1) is 23.2. The van der Waals surface area contributed by atoms with Crippen LogP contribution in [0.1, 0.15) is 43.0 Å². The minimum atomic E-state index is -1.75. The number of benzene rings is 4. The molecule has 0 saturated heterocycles. The quantitative estimate of drug-likeness (QED) is 0.124. The highest BCUT2D eigenvalue weighted by Crippen LogP contribution is 2.30. The Labute approximate surface area is 280 Å². The normalized spacial score (nSPS) is 14.0. The molecule has 0 amide bonds. The minimum absolute atomic E-state index is 0.0488. The zero-order valence-electron chi connectivity index (χ0n) is 27.0. The van der Waals surface area contributed by atoms with Gasteiger partial charge in [-0.2, -0.15) is 0 Å². The summed E-state index contributed by atoms with van der Waals surface area (Å²) in [7, 11) is 2.58. The second-order valence-corrected chi connectivity index (χ2v) is 11.6. The van der Waals surface area contributed by atoms with E-state index in [1.54, 1.807) is 48.5 Å². The topological polar surface area (TPSA) is 152 Å². The molecule has 0 heterocycles. The van der Waals surface area contributed by atoms with E-state index < -0.39 is 48.6 Å². The lowest BCUT2D eigenvalue weighted by Crippen LogP contribution is -2.59. The Morgan fingerprint density at radius 3 is 1.42 bits per heavy atom. The van der Waals surface area contributed by atoms with Gasteiger partial charge in [0.05, 0.1) is 45.2 Å². The molecule has 0 spiro atoms. The van der Waals surface area contributed by atoms with Crippen LogP contribution in [0, 0.1) is 0 Å². The standard InChI is InChI=1S/C38H42O10/c1-45-36(42)30-17-13-28(14-18-30)24-47-32(23-39)33(40)34(41)35(48-25-29-15-19-31(20-16-29)37(43)46-2)38(44,21-26-9-5-3-6-10-26)22-27-11-7-4-8-12-27/h3-20,32-35,39-41,44H,21-25H2,1-2H3/t32-,33-,34+,35+/m1/s1. The molecule has 0 bridgehead atoms. The number of hydrogen-bond donors (Lipinski definition) is 4. The van der Waals surface area contributed by atoms with Crippen LogP contribution in [0.4, 0.5) is 0 Å². The maximum Gasteiger partial charge on any atom is 0.337 e. The van der Waals surface area contributed by atoms with Crippen molar-refractivity contribution in [2.75, 3.05) is 20.8 Å². The molecule has 0 aliphatic heterocycles. The molecule has 4 rings (SSSR count). The Hall–Kier alpha value is -4.42. The fourth-order valence-electron chi connectivity index (χ4n) is 5.49.